The van der Waals surface area contributed by atoms with Crippen molar-refractivity contribution in [2.45, 2.75) is 19.8 Å². The molecule has 0 atom stereocenters. The van der Waals surface area contributed by atoms with Crippen molar-refractivity contribution in [3.8, 4) is 22.0 Å². The minimum atomic E-state index is -0.390. The molecule has 3 aromatic rings. The molecule has 1 aromatic carbocycles. The van der Waals surface area contributed by atoms with Crippen LogP contribution in [0.4, 0.5) is 10.1 Å². The van der Waals surface area contributed by atoms with E-state index in [4.69, 9.17) is 4.42 Å². The number of fused-ring (bicyclic) bond motifs is 1. The Morgan fingerprint density at radius 1 is 1.30 bits per heavy atom. The minimum absolute atomic E-state index is 0.0752. The van der Waals surface area contributed by atoms with E-state index in [1.54, 1.807) is 6.07 Å². The number of carbonyl (C=O) groups excluding carboxylic acids is 1. The highest BCUT2D eigenvalue weighted by Gasteiger charge is 2.20. The van der Waals surface area contributed by atoms with Gasteiger partial charge >= 0.3 is 0 Å². The number of nitrogens with zero attached hydrogens (tertiary/aromatic N) is 1. The highest BCUT2D eigenvalue weighted by molar-refractivity contribution is 7.13. The van der Waals surface area contributed by atoms with E-state index in [-0.39, 0.29) is 5.91 Å². The average molecular weight is 328 g/mol. The molecule has 0 radical (unpaired) electrons. The molecule has 0 saturated carbocycles. The molecule has 1 amide bonds. The van der Waals surface area contributed by atoms with Crippen molar-refractivity contribution in [3.05, 3.63) is 46.8 Å². The predicted octanol–water partition coefficient (Wildman–Crippen LogP) is 4.40. The number of aryl methyl sites for hydroxylation is 2. The Balaban J connectivity index is 1.74. The SMILES string of the molecule is Cc1ccc(-c2nc(-c3cc4c(cc3F)NC(=O)CC4)cs2)o1. The van der Waals surface area contributed by atoms with Gasteiger partial charge in [0.2, 0.25) is 5.91 Å². The minimum Gasteiger partial charge on any atom is -0.459 e. The number of furan rings is 1. The lowest BCUT2D eigenvalue weighted by Gasteiger charge is -2.17. The van der Waals surface area contributed by atoms with Crippen LogP contribution in [-0.2, 0) is 11.2 Å². The number of hydrogen-bond acceptors (Lipinski definition) is 4. The summed E-state index contributed by atoms with van der Waals surface area (Å²) in [7, 11) is 0. The zero-order chi connectivity index (χ0) is 16.0. The van der Waals surface area contributed by atoms with Gasteiger partial charge in [0.1, 0.15) is 11.6 Å². The van der Waals surface area contributed by atoms with Gasteiger partial charge in [-0.2, -0.15) is 0 Å². The van der Waals surface area contributed by atoms with Gasteiger partial charge in [-0.15, -0.1) is 11.3 Å². The van der Waals surface area contributed by atoms with Gasteiger partial charge in [0.15, 0.2) is 10.8 Å². The number of carbonyl (C=O) groups is 1. The molecule has 1 N–H and O–H groups in total. The third kappa shape index (κ3) is 2.55. The topological polar surface area (TPSA) is 55.1 Å². The Labute approximate surface area is 136 Å². The summed E-state index contributed by atoms with van der Waals surface area (Å²) in [5.74, 6) is 1.03. The Kier molecular flexibility index (Phi) is 3.27. The number of aromatic nitrogens is 1. The van der Waals surface area contributed by atoms with Crippen LogP contribution in [0.2, 0.25) is 0 Å². The molecular weight excluding hydrogens is 315 g/mol. The second-order valence-electron chi connectivity index (χ2n) is 5.49. The first kappa shape index (κ1) is 14.1. The lowest BCUT2D eigenvalue weighted by Crippen LogP contribution is -2.19. The Hall–Kier alpha value is -2.47. The van der Waals surface area contributed by atoms with Crippen molar-refractivity contribution in [3.63, 3.8) is 0 Å². The van der Waals surface area contributed by atoms with Crippen LogP contribution in [0.25, 0.3) is 22.0 Å². The molecule has 0 unspecified atom stereocenters. The van der Waals surface area contributed by atoms with Crippen LogP contribution in [-0.4, -0.2) is 10.9 Å². The summed E-state index contributed by atoms with van der Waals surface area (Å²) in [6, 6.07) is 6.88. The second kappa shape index (κ2) is 5.31. The third-order valence-electron chi connectivity index (χ3n) is 3.82. The maximum atomic E-state index is 14.4. The normalized spacial score (nSPS) is 13.7. The molecule has 116 valence electrons. The van der Waals surface area contributed by atoms with Crippen molar-refractivity contribution >= 4 is 22.9 Å². The third-order valence-corrected chi connectivity index (χ3v) is 4.68. The van der Waals surface area contributed by atoms with Gasteiger partial charge in [0.05, 0.1) is 5.69 Å². The molecule has 0 bridgehead atoms. The van der Waals surface area contributed by atoms with Crippen LogP contribution < -0.4 is 5.32 Å². The molecule has 0 spiro atoms. The smallest absolute Gasteiger partial charge is 0.224 e. The zero-order valence-electron chi connectivity index (χ0n) is 12.4. The van der Waals surface area contributed by atoms with Crippen LogP contribution >= 0.6 is 11.3 Å². The van der Waals surface area contributed by atoms with E-state index in [9.17, 15) is 9.18 Å². The molecule has 4 nitrogen and oxygen atoms in total. The lowest BCUT2D eigenvalue weighted by atomic mass is 9.99. The lowest BCUT2D eigenvalue weighted by molar-refractivity contribution is -0.116. The number of hydrogen-bond donors (Lipinski definition) is 1. The van der Waals surface area contributed by atoms with Gasteiger partial charge in [0, 0.05) is 23.1 Å². The van der Waals surface area contributed by atoms with Gasteiger partial charge in [-0.25, -0.2) is 9.37 Å². The van der Waals surface area contributed by atoms with E-state index in [2.05, 4.69) is 10.3 Å². The number of amides is 1. The summed E-state index contributed by atoms with van der Waals surface area (Å²) in [5.41, 5.74) is 2.52. The molecule has 0 fully saturated rings. The van der Waals surface area contributed by atoms with Crippen molar-refractivity contribution in [2.75, 3.05) is 5.32 Å². The molecule has 2 aromatic heterocycles. The molecule has 4 rings (SSSR count). The highest BCUT2D eigenvalue weighted by atomic mass is 32.1. The molecule has 1 aliphatic heterocycles. The largest absolute Gasteiger partial charge is 0.459 e. The van der Waals surface area contributed by atoms with Gasteiger partial charge in [-0.1, -0.05) is 0 Å². The number of rotatable bonds is 2. The van der Waals surface area contributed by atoms with E-state index < -0.39 is 5.82 Å². The summed E-state index contributed by atoms with van der Waals surface area (Å²) in [6.07, 6.45) is 1.04. The number of nitrogens with one attached hydrogen (secondary N) is 1. The van der Waals surface area contributed by atoms with Crippen molar-refractivity contribution in [1.82, 2.24) is 4.98 Å². The summed E-state index contributed by atoms with van der Waals surface area (Å²) in [6.45, 7) is 1.87. The maximum absolute atomic E-state index is 14.4. The summed E-state index contributed by atoms with van der Waals surface area (Å²) in [5, 5.41) is 5.24. The van der Waals surface area contributed by atoms with E-state index >= 15 is 0 Å². The van der Waals surface area contributed by atoms with Crippen LogP contribution in [0.5, 0.6) is 0 Å². The molecule has 0 saturated heterocycles. The van der Waals surface area contributed by atoms with Gasteiger partial charge in [-0.3, -0.25) is 4.79 Å². The molecule has 0 aliphatic carbocycles. The monoisotopic (exact) mass is 328 g/mol. The zero-order valence-corrected chi connectivity index (χ0v) is 13.2. The molecule has 3 heterocycles. The van der Waals surface area contributed by atoms with Crippen LogP contribution in [0.1, 0.15) is 17.7 Å². The predicted molar refractivity (Wildman–Crippen MR) is 86.9 cm³/mol. The average Bonchev–Trinajstić information content (AvgIpc) is 3.15. The van der Waals surface area contributed by atoms with Crippen LogP contribution in [0.3, 0.4) is 0 Å². The molecular formula is C17H13FN2O2S. The fourth-order valence-corrected chi connectivity index (χ4v) is 3.44. The van der Waals surface area contributed by atoms with E-state index in [0.717, 1.165) is 16.3 Å². The number of anilines is 1. The first-order valence-corrected chi connectivity index (χ1v) is 8.13. The molecule has 6 heteroatoms. The molecule has 1 aliphatic rings. The first-order chi connectivity index (χ1) is 11.1. The van der Waals surface area contributed by atoms with Gasteiger partial charge in [0.25, 0.3) is 0 Å². The van der Waals surface area contributed by atoms with E-state index in [0.29, 0.717) is 35.5 Å². The summed E-state index contributed by atoms with van der Waals surface area (Å²) < 4.78 is 20.0. The Morgan fingerprint density at radius 3 is 2.96 bits per heavy atom. The number of benzene rings is 1. The standard InChI is InChI=1S/C17H13FN2O2S/c1-9-2-4-15(22-9)17-20-14(8-23-17)11-6-10-3-5-16(21)19-13(10)7-12(11)18/h2,4,6-8H,3,5H2,1H3,(H,19,21). The molecule has 23 heavy (non-hydrogen) atoms. The van der Waals surface area contributed by atoms with E-state index in [1.165, 1.54) is 17.4 Å². The number of thiazole rings is 1. The van der Waals surface area contributed by atoms with E-state index in [1.807, 2.05) is 24.4 Å². The quantitative estimate of drug-likeness (QED) is 0.758. The van der Waals surface area contributed by atoms with Crippen molar-refractivity contribution in [1.29, 1.82) is 0 Å². The van der Waals surface area contributed by atoms with Crippen LogP contribution in [0.15, 0.2) is 34.1 Å². The number of halogens is 1. The maximum Gasteiger partial charge on any atom is 0.224 e. The van der Waals surface area contributed by atoms with Crippen molar-refractivity contribution in [2.24, 2.45) is 0 Å². The Bertz CT molecular complexity index is 913. The summed E-state index contributed by atoms with van der Waals surface area (Å²) >= 11 is 1.42. The second-order valence-corrected chi connectivity index (χ2v) is 6.34. The van der Waals surface area contributed by atoms with Crippen LogP contribution in [0, 0.1) is 12.7 Å². The first-order valence-electron chi connectivity index (χ1n) is 7.25. The highest BCUT2D eigenvalue weighted by Crippen LogP contribution is 2.34. The van der Waals surface area contributed by atoms with Gasteiger partial charge in [-0.05, 0) is 43.2 Å². The fraction of sp³-hybridized carbons (Fsp3) is 0.176. The fourth-order valence-electron chi connectivity index (χ4n) is 2.66. The summed E-state index contributed by atoms with van der Waals surface area (Å²) in [4.78, 5) is 15.9. The van der Waals surface area contributed by atoms with Crippen molar-refractivity contribution < 1.29 is 13.6 Å². The Morgan fingerprint density at radius 2 is 2.17 bits per heavy atom. The van der Waals surface area contributed by atoms with Gasteiger partial charge < -0.3 is 9.73 Å².